The molecule has 1 aliphatic carbocycles. The number of anilines is 1. The van der Waals surface area contributed by atoms with Gasteiger partial charge in [0.1, 0.15) is 36.2 Å². The Morgan fingerprint density at radius 3 is 2.31 bits per heavy atom. The number of methoxy groups -OCH3 is 3. The van der Waals surface area contributed by atoms with Gasteiger partial charge in [0.05, 0.1) is 43.6 Å². The Balaban J connectivity index is 1.05. The van der Waals surface area contributed by atoms with E-state index in [4.69, 9.17) is 43.9 Å². The van der Waals surface area contributed by atoms with Crippen LogP contribution in [-0.4, -0.2) is 211 Å². The second-order valence-corrected chi connectivity index (χ2v) is 26.2. The Kier molecular flexibility index (Phi) is 27.4. The first-order valence-corrected chi connectivity index (χ1v) is 33.2. The smallest absolute Gasteiger partial charge is 0.410 e. The third-order valence-electron chi connectivity index (χ3n) is 19.4. The molecule has 0 radical (unpaired) electrons. The van der Waals surface area contributed by atoms with Crippen LogP contribution in [0, 0.1) is 29.6 Å². The lowest BCUT2D eigenvalue weighted by molar-refractivity contribution is -0.265. The molecule has 4 N–H and O–H groups in total. The number of piperazine rings is 1. The third kappa shape index (κ3) is 19.2. The summed E-state index contributed by atoms with van der Waals surface area (Å²) < 4.78 is 41.6. The molecule has 0 unspecified atom stereocenters. The molecule has 0 spiro atoms. The first-order valence-electron chi connectivity index (χ1n) is 33.2. The maximum Gasteiger partial charge on any atom is 0.410 e. The Morgan fingerprint density at radius 2 is 1.59 bits per heavy atom. The van der Waals surface area contributed by atoms with Gasteiger partial charge < -0.3 is 68.7 Å². The van der Waals surface area contributed by atoms with Gasteiger partial charge in [-0.05, 0) is 107 Å². The fourth-order valence-electron chi connectivity index (χ4n) is 13.6. The van der Waals surface area contributed by atoms with Crippen molar-refractivity contribution in [3.63, 3.8) is 0 Å². The number of Topliss-reactive ketones (excluding diaryl/α,β-unsaturated/α-hetero) is 3. The highest BCUT2D eigenvalue weighted by Gasteiger charge is 2.53. The van der Waals surface area contributed by atoms with Crippen molar-refractivity contribution < 1.29 is 76.9 Å². The first kappa shape index (κ1) is 72.6. The number of aromatic nitrogens is 2. The molecule has 1 saturated carbocycles. The van der Waals surface area contributed by atoms with Crippen molar-refractivity contribution >= 4 is 47.2 Å². The van der Waals surface area contributed by atoms with Gasteiger partial charge in [-0.15, -0.1) is 0 Å². The van der Waals surface area contributed by atoms with Crippen LogP contribution in [0.2, 0.25) is 0 Å². The summed E-state index contributed by atoms with van der Waals surface area (Å²) in [5, 5.41) is 23.7. The molecule has 1 aromatic heterocycles. The SMILES string of the molecule is CCCOCCC(=O)N1CCN(c2ncc3c(n2)CCN(C(=O)O[C@@H]2CC[C@@H](C[C@@H](N)[C@@H]4CC(=O)[C@H](C)/C=C(\C)[C@@H](O)[C@@H](OC)C(=O)[C@H](C)C[C@H](C)/C=C/C=C/C=C(\C)[C@@H](OC)C[C@@H]5CC[C@@H](C)[C@@](O)(O5)C(=O)C(=O)N5CCCC[C@H]5C(=O)O4)C[C@H]2OC)C3)CC1. The van der Waals surface area contributed by atoms with Crippen molar-refractivity contribution in [2.75, 3.05) is 78.7 Å². The Labute approximate surface area is 537 Å². The summed E-state index contributed by atoms with van der Waals surface area (Å²) in [6, 6.07) is -2.19. The van der Waals surface area contributed by atoms with E-state index in [1.165, 1.54) is 7.11 Å². The molecule has 2 bridgehead atoms. The molecule has 7 rings (SSSR count). The number of carbonyl (C=O) groups is 7. The van der Waals surface area contributed by atoms with Crippen LogP contribution in [0.15, 0.2) is 53.8 Å². The van der Waals surface area contributed by atoms with Gasteiger partial charge >= 0.3 is 12.1 Å². The van der Waals surface area contributed by atoms with Crippen molar-refractivity contribution in [3.05, 3.63) is 65.1 Å². The number of nitrogens with zero attached hydrogens (tertiary/aromatic N) is 6. The number of rotatable bonds is 13. The number of hydrogen-bond donors (Lipinski definition) is 3. The number of allylic oxidation sites excluding steroid dienone is 6. The molecule has 1 aromatic rings. The van der Waals surface area contributed by atoms with Crippen molar-refractivity contribution in [2.24, 2.45) is 35.3 Å². The van der Waals surface area contributed by atoms with Crippen LogP contribution in [-0.2, 0) is 74.9 Å². The predicted molar refractivity (Wildman–Crippen MR) is 339 cm³/mol. The number of amides is 3. The summed E-state index contributed by atoms with van der Waals surface area (Å²) >= 11 is 0. The van der Waals surface area contributed by atoms with Crippen molar-refractivity contribution in [3.8, 4) is 0 Å². The van der Waals surface area contributed by atoms with Crippen LogP contribution in [0.3, 0.4) is 0 Å². The van der Waals surface area contributed by atoms with Crippen molar-refractivity contribution in [2.45, 2.75) is 212 Å². The molecule has 0 aromatic carbocycles. The minimum atomic E-state index is -2.49. The van der Waals surface area contributed by atoms with Crippen molar-refractivity contribution in [1.82, 2.24) is 24.7 Å². The lowest BCUT2D eigenvalue weighted by Gasteiger charge is -2.42. The summed E-state index contributed by atoms with van der Waals surface area (Å²) in [5.74, 6) is -7.90. The molecule has 15 atom stereocenters. The maximum absolute atomic E-state index is 14.7. The maximum atomic E-state index is 14.7. The van der Waals surface area contributed by atoms with Gasteiger partial charge in [-0.25, -0.2) is 19.6 Å². The minimum absolute atomic E-state index is 0.0192. The van der Waals surface area contributed by atoms with Crippen molar-refractivity contribution in [1.29, 1.82) is 0 Å². The minimum Gasteiger partial charge on any atom is -0.459 e. The Hall–Kier alpha value is -5.79. The van der Waals surface area contributed by atoms with E-state index in [9.17, 15) is 43.8 Å². The summed E-state index contributed by atoms with van der Waals surface area (Å²) in [6.45, 7) is 16.7. The highest BCUT2D eigenvalue weighted by molar-refractivity contribution is 6.39. The molecule has 5 aliphatic heterocycles. The van der Waals surface area contributed by atoms with E-state index in [1.807, 2.05) is 56.1 Å². The Morgan fingerprint density at radius 1 is 0.835 bits per heavy atom. The quantitative estimate of drug-likeness (QED) is 0.0841. The van der Waals surface area contributed by atoms with Gasteiger partial charge in [-0.2, -0.15) is 0 Å². The summed E-state index contributed by atoms with van der Waals surface area (Å²) in [5.41, 5.74) is 9.94. The number of piperidine rings is 1. The molecule has 91 heavy (non-hydrogen) atoms. The van der Waals surface area contributed by atoms with Gasteiger partial charge in [0.25, 0.3) is 11.7 Å². The summed E-state index contributed by atoms with van der Waals surface area (Å²) in [6.07, 6.45) is 12.1. The number of aliphatic hydroxyl groups is 2. The molecule has 6 heterocycles. The van der Waals surface area contributed by atoms with Crippen LogP contribution in [0.5, 0.6) is 0 Å². The number of nitrogens with two attached hydrogens (primary N) is 1. The largest absolute Gasteiger partial charge is 0.459 e. The van der Waals surface area contributed by atoms with E-state index in [-0.39, 0.29) is 68.1 Å². The first-order chi connectivity index (χ1) is 43.5. The topological polar surface area (TPSA) is 289 Å². The monoisotopic (exact) mass is 1270 g/mol. The van der Waals surface area contributed by atoms with Crippen LogP contribution in [0.25, 0.3) is 0 Å². The van der Waals surface area contributed by atoms with E-state index in [0.29, 0.717) is 122 Å². The number of ketones is 3. The zero-order valence-corrected chi connectivity index (χ0v) is 55.5. The number of carbonyl (C=O) groups excluding carboxylic acids is 7. The van der Waals surface area contributed by atoms with Crippen LogP contribution in [0.4, 0.5) is 10.7 Å². The molecule has 23 nitrogen and oxygen atoms in total. The number of fused-ring (bicyclic) bond motifs is 4. The molecule has 6 aliphatic rings. The van der Waals surface area contributed by atoms with E-state index in [1.54, 1.807) is 59.1 Å². The molecule has 23 heteroatoms. The molecule has 506 valence electrons. The molecular formula is C68H103N7O16. The third-order valence-corrected chi connectivity index (χ3v) is 19.4. The fourth-order valence-corrected chi connectivity index (χ4v) is 13.6. The molecule has 3 saturated heterocycles. The van der Waals surface area contributed by atoms with E-state index in [0.717, 1.165) is 28.2 Å². The number of aliphatic hydroxyl groups excluding tert-OH is 1. The number of esters is 1. The molecular weight excluding hydrogens is 1170 g/mol. The van der Waals surface area contributed by atoms with Crippen LogP contribution >= 0.6 is 0 Å². The van der Waals surface area contributed by atoms with Gasteiger partial charge in [0.2, 0.25) is 17.6 Å². The zero-order valence-electron chi connectivity index (χ0n) is 55.5. The second kappa shape index (κ2) is 34.4. The van der Waals surface area contributed by atoms with E-state index >= 15 is 0 Å². The summed E-state index contributed by atoms with van der Waals surface area (Å²) in [7, 11) is 4.48. The normalized spacial score (nSPS) is 33.9. The predicted octanol–water partition coefficient (Wildman–Crippen LogP) is 6.33. The fraction of sp³-hybridized carbons (Fsp3) is 0.721. The highest BCUT2D eigenvalue weighted by Crippen LogP contribution is 2.38. The van der Waals surface area contributed by atoms with Gasteiger partial charge in [0, 0.05) is 122 Å². The summed E-state index contributed by atoms with van der Waals surface area (Å²) in [4.78, 5) is 115. The average Bonchev–Trinajstić information content (AvgIpc) is 1.11. The average molecular weight is 1270 g/mol. The van der Waals surface area contributed by atoms with E-state index in [2.05, 4.69) is 9.88 Å². The molecule has 3 amide bonds. The van der Waals surface area contributed by atoms with Gasteiger partial charge in [-0.1, -0.05) is 71.1 Å². The molecule has 4 fully saturated rings. The standard InChI is InChI=1S/C68H103N7O16/c1-11-32-88-33-25-59(77)72-28-30-73(31-29-72)66-70-40-49-41-74(27-24-52(49)71-66)67(83)90-55-23-21-48(37-58(55)86-9)36-51(69)57-39-54(76)44(4)35-46(6)61(79)62(87-10)60(78)45(5)34-42(2)17-13-12-14-18-43(3)56(85-8)38-50-22-20-47(7)68(84,91-50)63(80)64(81)75-26-16-15-19-53(75)65(82)89-57/h12-14,17-18,35,40,42,44-45,47-48,50-51,53,55-58,61-62,79,84H,11,15-16,19-34,36-39,41,69H2,1-10H3/b14-12+,17-13+,43-18+,46-35+/t42-,44-,45-,47-,48+,50+,51-,53+,55-,56+,57+,58-,61-,62+,68-/m1/s1. The van der Waals surface area contributed by atoms with Gasteiger partial charge in [-0.3, -0.25) is 24.0 Å². The zero-order chi connectivity index (χ0) is 66.1. The lowest BCUT2D eigenvalue weighted by Crippen LogP contribution is -2.61. The van der Waals surface area contributed by atoms with Gasteiger partial charge in [0.15, 0.2) is 5.78 Å². The number of hydrogen-bond acceptors (Lipinski definition) is 20. The van der Waals surface area contributed by atoms with Crippen LogP contribution < -0.4 is 10.6 Å². The lowest BCUT2D eigenvalue weighted by atomic mass is 9.80. The number of ether oxygens (including phenoxy) is 7. The number of cyclic esters (lactones) is 1. The van der Waals surface area contributed by atoms with E-state index < -0.39 is 102 Å². The second-order valence-electron chi connectivity index (χ2n) is 26.2. The highest BCUT2D eigenvalue weighted by atomic mass is 16.6. The van der Waals surface area contributed by atoms with Crippen LogP contribution in [0.1, 0.15) is 150 Å². The Bertz CT molecular complexity index is 2780.